The van der Waals surface area contributed by atoms with Crippen LogP contribution in [0.2, 0.25) is 0 Å². The summed E-state index contributed by atoms with van der Waals surface area (Å²) in [5.74, 6) is -1.27. The Hall–Kier alpha value is -3.89. The molecule has 36 heavy (non-hydrogen) atoms. The van der Waals surface area contributed by atoms with Crippen molar-refractivity contribution in [3.05, 3.63) is 60.0 Å². The van der Waals surface area contributed by atoms with Gasteiger partial charge in [-0.15, -0.1) is 0 Å². The van der Waals surface area contributed by atoms with Crippen LogP contribution in [0, 0.1) is 17.2 Å². The second-order valence-electron chi connectivity index (χ2n) is 8.75. The molecule has 0 bridgehead atoms. The molecule has 0 unspecified atom stereocenters. The Balaban J connectivity index is 1.69. The highest BCUT2D eigenvalue weighted by molar-refractivity contribution is 6.05. The van der Waals surface area contributed by atoms with Gasteiger partial charge in [0.15, 0.2) is 11.9 Å². The van der Waals surface area contributed by atoms with Crippen LogP contribution in [-0.4, -0.2) is 67.6 Å². The lowest BCUT2D eigenvalue weighted by molar-refractivity contribution is -0.159. The number of benzene rings is 1. The molecule has 12 nitrogen and oxygen atoms in total. The van der Waals surface area contributed by atoms with Crippen LogP contribution in [0.5, 0.6) is 0 Å². The molecule has 5 atom stereocenters. The molecule has 188 valence electrons. The number of aliphatic hydroxyl groups excluding tert-OH is 2. The van der Waals surface area contributed by atoms with Crippen molar-refractivity contribution < 1.29 is 29.3 Å². The third-order valence-corrected chi connectivity index (χ3v) is 6.12. The predicted octanol–water partition coefficient (Wildman–Crippen LogP) is 0.348. The van der Waals surface area contributed by atoms with Crippen molar-refractivity contribution in [3.63, 3.8) is 0 Å². The largest absolute Gasteiger partial charge is 0.455 e. The molecule has 1 aromatic carbocycles. The summed E-state index contributed by atoms with van der Waals surface area (Å²) in [6.07, 6.45) is -3.07. The van der Waals surface area contributed by atoms with Gasteiger partial charge in [-0.3, -0.25) is 9.59 Å². The van der Waals surface area contributed by atoms with E-state index in [-0.39, 0.29) is 17.4 Å². The zero-order valence-electron chi connectivity index (χ0n) is 19.6. The molecule has 4 rings (SSSR count). The van der Waals surface area contributed by atoms with Gasteiger partial charge in [0, 0.05) is 5.56 Å². The lowest BCUT2D eigenvalue weighted by Gasteiger charge is -2.25. The highest BCUT2D eigenvalue weighted by Crippen LogP contribution is 2.41. The summed E-state index contributed by atoms with van der Waals surface area (Å²) in [6, 6.07) is 12.5. The summed E-state index contributed by atoms with van der Waals surface area (Å²) in [5.41, 5.74) is 4.64. The van der Waals surface area contributed by atoms with Gasteiger partial charge >= 0.3 is 5.97 Å². The quantitative estimate of drug-likeness (QED) is 0.334. The normalized spacial score (nSPS) is 24.4. The van der Waals surface area contributed by atoms with Crippen molar-refractivity contribution in [2.75, 3.05) is 11.9 Å². The minimum absolute atomic E-state index is 0.0928. The summed E-state index contributed by atoms with van der Waals surface area (Å²) in [6.45, 7) is 2.83. The SMILES string of the molecule is CC(C)[C@H](N)C(=O)O[C@H]1[C@@H](O)[C@](C#N)(c2ccc3c(NC(=O)c4ccccc4)ncnn23)O[C@@H]1CO. The van der Waals surface area contributed by atoms with Gasteiger partial charge in [-0.05, 0) is 30.2 Å². The Morgan fingerprint density at radius 2 is 2.03 bits per heavy atom. The molecule has 1 fully saturated rings. The van der Waals surface area contributed by atoms with Gasteiger partial charge in [-0.1, -0.05) is 32.0 Å². The predicted molar refractivity (Wildman–Crippen MR) is 125 cm³/mol. The van der Waals surface area contributed by atoms with E-state index in [1.54, 1.807) is 50.2 Å². The van der Waals surface area contributed by atoms with E-state index >= 15 is 0 Å². The number of nitriles is 1. The topological polar surface area (TPSA) is 185 Å². The second kappa shape index (κ2) is 10.00. The van der Waals surface area contributed by atoms with Crippen molar-refractivity contribution in [2.45, 2.75) is 43.8 Å². The zero-order valence-corrected chi connectivity index (χ0v) is 19.6. The van der Waals surface area contributed by atoms with Gasteiger partial charge in [0.05, 0.1) is 12.3 Å². The number of hydrogen-bond acceptors (Lipinski definition) is 10. The molecule has 1 saturated heterocycles. The molecule has 0 spiro atoms. The number of esters is 1. The first-order chi connectivity index (χ1) is 17.2. The molecule has 0 saturated carbocycles. The first kappa shape index (κ1) is 25.2. The maximum Gasteiger partial charge on any atom is 0.323 e. The van der Waals surface area contributed by atoms with Gasteiger partial charge in [0.2, 0.25) is 5.60 Å². The van der Waals surface area contributed by atoms with Gasteiger partial charge in [0.1, 0.15) is 36.2 Å². The van der Waals surface area contributed by atoms with Crippen molar-refractivity contribution in [3.8, 4) is 6.07 Å². The monoisotopic (exact) mass is 494 g/mol. The zero-order chi connectivity index (χ0) is 26.0. The summed E-state index contributed by atoms with van der Waals surface area (Å²) in [7, 11) is 0. The fourth-order valence-electron chi connectivity index (χ4n) is 4.02. The third kappa shape index (κ3) is 4.29. The van der Waals surface area contributed by atoms with Crippen LogP contribution in [0.15, 0.2) is 48.8 Å². The van der Waals surface area contributed by atoms with Crippen molar-refractivity contribution in [1.82, 2.24) is 14.6 Å². The maximum atomic E-state index is 12.6. The Bertz CT molecular complexity index is 1310. The molecule has 5 N–H and O–H groups in total. The van der Waals surface area contributed by atoms with E-state index in [2.05, 4.69) is 15.4 Å². The number of carbonyl (C=O) groups excluding carboxylic acids is 2. The first-order valence-electron chi connectivity index (χ1n) is 11.3. The molecule has 1 aliphatic rings. The van der Waals surface area contributed by atoms with Gasteiger partial charge < -0.3 is 30.7 Å². The van der Waals surface area contributed by atoms with Crippen LogP contribution < -0.4 is 11.1 Å². The Morgan fingerprint density at radius 1 is 1.31 bits per heavy atom. The van der Waals surface area contributed by atoms with E-state index < -0.39 is 48.4 Å². The lowest BCUT2D eigenvalue weighted by Crippen LogP contribution is -2.46. The first-order valence-corrected chi connectivity index (χ1v) is 11.3. The van der Waals surface area contributed by atoms with Crippen LogP contribution in [-0.2, 0) is 19.9 Å². The average molecular weight is 495 g/mol. The summed E-state index contributed by atoms with van der Waals surface area (Å²) in [5, 5.41) is 38.0. The van der Waals surface area contributed by atoms with Crippen LogP contribution in [0.1, 0.15) is 29.9 Å². The van der Waals surface area contributed by atoms with Crippen molar-refractivity contribution in [2.24, 2.45) is 11.7 Å². The lowest BCUT2D eigenvalue weighted by atomic mass is 9.92. The fraction of sp³-hybridized carbons (Fsp3) is 0.375. The highest BCUT2D eigenvalue weighted by Gasteiger charge is 2.59. The van der Waals surface area contributed by atoms with E-state index in [0.29, 0.717) is 11.1 Å². The van der Waals surface area contributed by atoms with Crippen LogP contribution in [0.4, 0.5) is 5.82 Å². The molecule has 3 heterocycles. The number of nitrogens with zero attached hydrogens (tertiary/aromatic N) is 4. The van der Waals surface area contributed by atoms with E-state index in [1.807, 2.05) is 6.07 Å². The Labute approximate surface area is 206 Å². The summed E-state index contributed by atoms with van der Waals surface area (Å²) >= 11 is 0. The highest BCUT2D eigenvalue weighted by atomic mass is 16.6. The standard InChI is InChI=1S/C24H26N6O6/c1-13(2)18(26)23(34)35-19-16(10-31)36-24(11-25,20(19)32)17-9-8-15-21(27-12-28-30(15)17)29-22(33)14-6-4-3-5-7-14/h3-9,12-13,16,18-20,31-32H,10,26H2,1-2H3,(H,27,28,29,33)/t16-,18+,19-,20-,24+/m1/s1. The molecule has 2 aromatic heterocycles. The number of hydrogen-bond donors (Lipinski definition) is 4. The average Bonchev–Trinajstić information content (AvgIpc) is 3.44. The fourth-order valence-corrected chi connectivity index (χ4v) is 4.02. The molecule has 12 heteroatoms. The van der Waals surface area contributed by atoms with Crippen LogP contribution in [0.3, 0.4) is 0 Å². The van der Waals surface area contributed by atoms with E-state index in [9.17, 15) is 25.1 Å². The molecule has 3 aromatic rings. The number of fused-ring (bicyclic) bond motifs is 1. The van der Waals surface area contributed by atoms with Gasteiger partial charge in [-0.2, -0.15) is 10.4 Å². The molecular weight excluding hydrogens is 468 g/mol. The number of aromatic nitrogens is 3. The molecule has 0 aliphatic carbocycles. The number of aliphatic hydroxyl groups is 2. The van der Waals surface area contributed by atoms with Crippen LogP contribution in [0.25, 0.3) is 5.52 Å². The number of nitrogens with two attached hydrogens (primary N) is 1. The Kier molecular flexibility index (Phi) is 7.00. The minimum Gasteiger partial charge on any atom is -0.455 e. The van der Waals surface area contributed by atoms with Gasteiger partial charge in [-0.25, -0.2) is 9.50 Å². The van der Waals surface area contributed by atoms with Crippen molar-refractivity contribution >= 4 is 23.2 Å². The molecule has 0 radical (unpaired) electrons. The summed E-state index contributed by atoms with van der Waals surface area (Å²) < 4.78 is 12.5. The van der Waals surface area contributed by atoms with Gasteiger partial charge in [0.25, 0.3) is 5.91 Å². The smallest absolute Gasteiger partial charge is 0.323 e. The third-order valence-electron chi connectivity index (χ3n) is 6.12. The number of rotatable bonds is 7. The number of carbonyl (C=O) groups is 2. The van der Waals surface area contributed by atoms with Crippen molar-refractivity contribution in [1.29, 1.82) is 5.26 Å². The summed E-state index contributed by atoms with van der Waals surface area (Å²) in [4.78, 5) is 29.2. The van der Waals surface area contributed by atoms with Crippen LogP contribution >= 0.6 is 0 Å². The number of nitrogens with one attached hydrogen (secondary N) is 1. The van der Waals surface area contributed by atoms with E-state index in [0.717, 1.165) is 0 Å². The molecular formula is C24H26N6O6. The Morgan fingerprint density at radius 3 is 2.67 bits per heavy atom. The number of anilines is 1. The number of ether oxygens (including phenoxy) is 2. The van der Waals surface area contributed by atoms with E-state index in [4.69, 9.17) is 15.2 Å². The number of amides is 1. The molecule has 1 aliphatic heterocycles. The van der Waals surface area contributed by atoms with E-state index in [1.165, 1.54) is 16.9 Å². The maximum absolute atomic E-state index is 12.6. The minimum atomic E-state index is -2.05. The second-order valence-corrected chi connectivity index (χ2v) is 8.75. The molecule has 1 amide bonds.